The molecule has 0 atom stereocenters. The third-order valence-corrected chi connectivity index (χ3v) is 5.24. The summed E-state index contributed by atoms with van der Waals surface area (Å²) in [6.45, 7) is -0.0940. The minimum Gasteiger partial charge on any atom is -0.477 e. The number of aromatic nitrogens is 3. The number of rotatable bonds is 4. The molecule has 0 unspecified atom stereocenters. The van der Waals surface area contributed by atoms with Crippen LogP contribution >= 0.6 is 0 Å². The Balaban J connectivity index is 1.76. The van der Waals surface area contributed by atoms with Gasteiger partial charge >= 0.3 is 5.97 Å². The average molecular weight is 393 g/mol. The highest BCUT2D eigenvalue weighted by atomic mass is 19.1. The lowest BCUT2D eigenvalue weighted by molar-refractivity contribution is 0.0695. The van der Waals surface area contributed by atoms with Crippen molar-refractivity contribution in [3.63, 3.8) is 0 Å². The molecule has 8 heteroatoms. The third-order valence-electron chi connectivity index (χ3n) is 5.24. The lowest BCUT2D eigenvalue weighted by Crippen LogP contribution is -2.20. The maximum Gasteiger partial charge on any atom is 0.341 e. The van der Waals surface area contributed by atoms with Crippen molar-refractivity contribution >= 4 is 27.8 Å². The molecule has 0 bridgehead atoms. The molecule has 146 valence electrons. The van der Waals surface area contributed by atoms with E-state index in [1.165, 1.54) is 10.8 Å². The first-order chi connectivity index (χ1) is 14.0. The van der Waals surface area contributed by atoms with E-state index in [9.17, 15) is 24.2 Å². The summed E-state index contributed by atoms with van der Waals surface area (Å²) < 4.78 is 18.1. The van der Waals surface area contributed by atoms with E-state index < -0.39 is 17.2 Å². The van der Waals surface area contributed by atoms with Crippen molar-refractivity contribution in [2.75, 3.05) is 0 Å². The summed E-state index contributed by atoms with van der Waals surface area (Å²) in [6.07, 6.45) is 6.43. The van der Waals surface area contributed by atoms with Gasteiger partial charge in [-0.3, -0.25) is 4.79 Å². The molecule has 5 rings (SSSR count). The summed E-state index contributed by atoms with van der Waals surface area (Å²) in [4.78, 5) is 28.4. The number of hydrogen-bond acceptors (Lipinski definition) is 4. The number of benzene rings is 1. The predicted octanol–water partition coefficient (Wildman–Crippen LogP) is 3.00. The highest BCUT2D eigenvalue weighted by molar-refractivity contribution is 5.92. The Kier molecular flexibility index (Phi) is 3.78. The first kappa shape index (κ1) is 17.6. The second-order valence-corrected chi connectivity index (χ2v) is 7.27. The van der Waals surface area contributed by atoms with Gasteiger partial charge in [0.25, 0.3) is 0 Å². The fourth-order valence-corrected chi connectivity index (χ4v) is 3.61. The molecule has 0 amide bonds. The van der Waals surface area contributed by atoms with Crippen molar-refractivity contribution in [1.29, 1.82) is 0 Å². The number of aromatic carboxylic acids is 1. The molecule has 3 aromatic heterocycles. The van der Waals surface area contributed by atoms with Crippen LogP contribution < -0.4 is 5.43 Å². The smallest absolute Gasteiger partial charge is 0.341 e. The van der Waals surface area contributed by atoms with Gasteiger partial charge in [-0.15, -0.1) is 0 Å². The molecule has 0 radical (unpaired) electrons. The normalized spacial score (nSPS) is 14.0. The summed E-state index contributed by atoms with van der Waals surface area (Å²) in [7, 11) is 0. The van der Waals surface area contributed by atoms with E-state index in [-0.39, 0.29) is 35.1 Å². The van der Waals surface area contributed by atoms with E-state index in [2.05, 4.69) is 4.98 Å². The molecule has 4 aromatic rings. The molecule has 1 aliphatic carbocycles. The minimum atomic E-state index is -1.34. The maximum atomic E-state index is 14.9. The van der Waals surface area contributed by atoms with Gasteiger partial charge in [-0.25, -0.2) is 14.2 Å². The van der Waals surface area contributed by atoms with E-state index in [1.807, 2.05) is 12.1 Å². The van der Waals surface area contributed by atoms with E-state index in [1.54, 1.807) is 23.0 Å². The topological polar surface area (TPSA) is 97.3 Å². The fourth-order valence-electron chi connectivity index (χ4n) is 3.61. The Morgan fingerprint density at radius 2 is 1.93 bits per heavy atom. The number of carboxylic acids is 1. The Morgan fingerprint density at radius 3 is 2.62 bits per heavy atom. The summed E-state index contributed by atoms with van der Waals surface area (Å²) in [5.74, 6) is -2.04. The molecular weight excluding hydrogens is 377 g/mol. The zero-order valence-corrected chi connectivity index (χ0v) is 15.2. The number of aliphatic hydroxyl groups excluding tert-OH is 1. The summed E-state index contributed by atoms with van der Waals surface area (Å²) in [5, 5.41) is 20.3. The number of carbonyl (C=O) groups is 1. The van der Waals surface area contributed by atoms with Crippen molar-refractivity contribution < 1.29 is 19.4 Å². The quantitative estimate of drug-likeness (QED) is 0.556. The largest absolute Gasteiger partial charge is 0.477 e. The minimum absolute atomic E-state index is 0.0242. The number of pyridine rings is 2. The van der Waals surface area contributed by atoms with Crippen LogP contribution in [0.1, 0.15) is 34.8 Å². The molecular formula is C21H16FN3O4. The van der Waals surface area contributed by atoms with Crippen LogP contribution in [0.15, 0.2) is 47.7 Å². The third kappa shape index (κ3) is 2.80. The van der Waals surface area contributed by atoms with Gasteiger partial charge < -0.3 is 19.3 Å². The number of carboxylic acid groups (broad SMARTS) is 1. The van der Waals surface area contributed by atoms with Gasteiger partial charge in [-0.2, -0.15) is 0 Å². The van der Waals surface area contributed by atoms with Crippen molar-refractivity contribution in [2.24, 2.45) is 0 Å². The lowest BCUT2D eigenvalue weighted by Gasteiger charge is -2.12. The van der Waals surface area contributed by atoms with Crippen LogP contribution in [0.5, 0.6) is 0 Å². The molecule has 29 heavy (non-hydrogen) atoms. The summed E-state index contributed by atoms with van der Waals surface area (Å²) >= 11 is 0. The van der Waals surface area contributed by atoms with Gasteiger partial charge in [0.1, 0.15) is 11.2 Å². The fraction of sp³-hybridized carbons (Fsp3) is 0.190. The van der Waals surface area contributed by atoms with Crippen molar-refractivity contribution in [3.8, 4) is 5.82 Å². The molecule has 1 aliphatic rings. The van der Waals surface area contributed by atoms with E-state index >= 15 is 0 Å². The number of hydrogen-bond donors (Lipinski definition) is 2. The molecule has 1 saturated carbocycles. The second-order valence-electron chi connectivity index (χ2n) is 7.27. The number of fused-ring (bicyclic) bond motifs is 2. The Labute approximate surface area is 163 Å². The zero-order valence-electron chi connectivity index (χ0n) is 15.2. The van der Waals surface area contributed by atoms with Gasteiger partial charge in [0.05, 0.1) is 12.0 Å². The van der Waals surface area contributed by atoms with Gasteiger partial charge in [-0.05, 0) is 35.9 Å². The first-order valence-electron chi connectivity index (χ1n) is 9.17. The van der Waals surface area contributed by atoms with Crippen molar-refractivity contribution in [3.05, 3.63) is 70.0 Å². The van der Waals surface area contributed by atoms with Gasteiger partial charge in [0.2, 0.25) is 5.43 Å². The van der Waals surface area contributed by atoms with Crippen LogP contribution in [0.3, 0.4) is 0 Å². The molecule has 7 nitrogen and oxygen atoms in total. The molecule has 0 aliphatic heterocycles. The molecule has 3 heterocycles. The highest BCUT2D eigenvalue weighted by Gasteiger charge is 2.28. The molecule has 2 N–H and O–H groups in total. The zero-order chi connectivity index (χ0) is 20.3. The Bertz CT molecular complexity index is 1370. The molecule has 0 spiro atoms. The van der Waals surface area contributed by atoms with Gasteiger partial charge in [0, 0.05) is 30.0 Å². The van der Waals surface area contributed by atoms with Gasteiger partial charge in [-0.1, -0.05) is 12.1 Å². The van der Waals surface area contributed by atoms with E-state index in [0.29, 0.717) is 0 Å². The van der Waals surface area contributed by atoms with Crippen LogP contribution in [0, 0.1) is 5.82 Å². The van der Waals surface area contributed by atoms with Crippen LogP contribution in [-0.4, -0.2) is 30.3 Å². The highest BCUT2D eigenvalue weighted by Crippen LogP contribution is 2.37. The first-order valence-corrected chi connectivity index (χ1v) is 9.17. The maximum absolute atomic E-state index is 14.9. The number of aliphatic hydroxyl groups is 1. The summed E-state index contributed by atoms with van der Waals surface area (Å²) in [6, 6.07) is 6.54. The van der Waals surface area contributed by atoms with E-state index in [0.717, 1.165) is 35.2 Å². The van der Waals surface area contributed by atoms with E-state index in [4.69, 9.17) is 0 Å². The van der Waals surface area contributed by atoms with Crippen LogP contribution in [-0.2, 0) is 6.61 Å². The lowest BCUT2D eigenvalue weighted by atomic mass is 10.1. The monoisotopic (exact) mass is 393 g/mol. The van der Waals surface area contributed by atoms with Crippen LogP contribution in [0.25, 0.3) is 27.6 Å². The molecule has 1 fully saturated rings. The predicted molar refractivity (Wildman–Crippen MR) is 104 cm³/mol. The van der Waals surface area contributed by atoms with Gasteiger partial charge in [0.15, 0.2) is 11.6 Å². The van der Waals surface area contributed by atoms with Crippen LogP contribution in [0.2, 0.25) is 0 Å². The second kappa shape index (κ2) is 6.25. The summed E-state index contributed by atoms with van der Waals surface area (Å²) in [5.41, 5.74) is -0.118. The standard InChI is InChI=1S/C21H16FN3O4/c22-17-6-15-18(27)16(21(28)29)9-25(14-3-4-14)19(15)23-20(17)24-7-12-2-1-11(10-26)5-13(12)8-24/h1-2,5-9,14,26H,3-4,10H2,(H,28,29). The molecule has 1 aromatic carbocycles. The Morgan fingerprint density at radius 1 is 1.17 bits per heavy atom. The van der Waals surface area contributed by atoms with Crippen molar-refractivity contribution in [2.45, 2.75) is 25.5 Å². The van der Waals surface area contributed by atoms with Crippen molar-refractivity contribution in [1.82, 2.24) is 14.1 Å². The number of halogens is 1. The molecule has 0 saturated heterocycles. The van der Waals surface area contributed by atoms with Crippen LogP contribution in [0.4, 0.5) is 4.39 Å². The average Bonchev–Trinajstić information content (AvgIpc) is 3.46. The number of nitrogens with zero attached hydrogens (tertiary/aromatic N) is 3. The SMILES string of the molecule is O=C(O)c1cn(C2CC2)c2nc(-n3cc4ccc(CO)cc4c3)c(F)cc2c1=O. The Hall–Kier alpha value is -3.52.